The quantitative estimate of drug-likeness (QED) is 0.516. The molecule has 3 heterocycles. The summed E-state index contributed by atoms with van der Waals surface area (Å²) in [5, 5.41) is 9.54. The number of H-pyrrole nitrogens is 1. The number of hydrogen-bond acceptors (Lipinski definition) is 4. The highest BCUT2D eigenvalue weighted by Crippen LogP contribution is 2.53. The largest absolute Gasteiger partial charge is 0.433 e. The van der Waals surface area contributed by atoms with Crippen LogP contribution in [0.25, 0.3) is 11.0 Å². The second-order valence-electron chi connectivity index (χ2n) is 8.08. The van der Waals surface area contributed by atoms with Crippen molar-refractivity contribution in [2.24, 2.45) is 5.92 Å². The van der Waals surface area contributed by atoms with Crippen molar-refractivity contribution in [2.75, 3.05) is 4.90 Å². The first kappa shape index (κ1) is 20.6. The third-order valence-corrected chi connectivity index (χ3v) is 6.23. The Balaban J connectivity index is 1.72. The number of alkyl halides is 6. The van der Waals surface area contributed by atoms with E-state index < -0.39 is 41.0 Å². The maximum absolute atomic E-state index is 13.6. The molecule has 0 unspecified atom stereocenters. The lowest BCUT2D eigenvalue weighted by Crippen LogP contribution is -2.38. The number of hydrogen-bond donors (Lipinski definition) is 1. The van der Waals surface area contributed by atoms with Crippen molar-refractivity contribution >= 4 is 16.9 Å². The number of nitrogens with zero attached hydrogens (tertiary/aromatic N) is 4. The molecule has 2 bridgehead atoms. The fourth-order valence-corrected chi connectivity index (χ4v) is 4.96. The number of para-hydroxylation sites is 2. The molecule has 1 aliphatic heterocycles. The van der Waals surface area contributed by atoms with Gasteiger partial charge in [0.2, 0.25) is 0 Å². The van der Waals surface area contributed by atoms with Crippen LogP contribution in [0.15, 0.2) is 30.3 Å². The van der Waals surface area contributed by atoms with Gasteiger partial charge in [-0.15, -0.1) is 0 Å². The number of nitriles is 1. The Morgan fingerprint density at radius 3 is 2.44 bits per heavy atom. The average Bonchev–Trinajstić information content (AvgIpc) is 3.44. The molecule has 11 heteroatoms. The molecule has 3 aromatic rings. The summed E-state index contributed by atoms with van der Waals surface area (Å²) in [6, 6.07) is 7.56. The summed E-state index contributed by atoms with van der Waals surface area (Å²) in [4.78, 5) is 12.7. The van der Waals surface area contributed by atoms with E-state index in [1.165, 1.54) is 11.0 Å². The standard InChI is InChI=1S/C21H15F6N5/c22-20(23,24)13-8-16(21(25,26)27)31-19(12(13)9-28)32-11-6-5-10(7-11)17(32)18-29-14-3-1-2-4-15(14)30-18/h1-4,8,10-11,17H,5-7H2,(H,29,30)/t10-,11+,17-/m0/s1. The van der Waals surface area contributed by atoms with Crippen LogP contribution in [0, 0.1) is 17.2 Å². The molecule has 1 saturated carbocycles. The molecule has 2 aromatic heterocycles. The number of aromatic nitrogens is 3. The predicted octanol–water partition coefficient (Wildman–Crippen LogP) is 5.60. The highest BCUT2D eigenvalue weighted by atomic mass is 19.4. The fourth-order valence-electron chi connectivity index (χ4n) is 4.96. The normalized spacial score (nSPS) is 23.2. The van der Waals surface area contributed by atoms with Gasteiger partial charge in [0.05, 0.1) is 22.6 Å². The van der Waals surface area contributed by atoms with Gasteiger partial charge in [-0.1, -0.05) is 12.1 Å². The number of piperidine rings is 1. The third-order valence-electron chi connectivity index (χ3n) is 6.23. The van der Waals surface area contributed by atoms with Crippen LogP contribution < -0.4 is 4.90 Å². The van der Waals surface area contributed by atoms with E-state index in [4.69, 9.17) is 0 Å². The molecule has 166 valence electrons. The second-order valence-corrected chi connectivity index (χ2v) is 8.08. The molecule has 32 heavy (non-hydrogen) atoms. The van der Waals surface area contributed by atoms with E-state index >= 15 is 0 Å². The molecule has 1 aromatic carbocycles. The molecule has 2 fully saturated rings. The Morgan fingerprint density at radius 1 is 1.03 bits per heavy atom. The minimum atomic E-state index is -5.14. The molecule has 1 N–H and O–H groups in total. The Kier molecular flexibility index (Phi) is 4.41. The van der Waals surface area contributed by atoms with Crippen LogP contribution in [0.2, 0.25) is 0 Å². The fraction of sp³-hybridized carbons (Fsp3) is 0.381. The molecule has 3 atom stereocenters. The van der Waals surface area contributed by atoms with Gasteiger partial charge in [0.1, 0.15) is 29.0 Å². The predicted molar refractivity (Wildman–Crippen MR) is 101 cm³/mol. The molecule has 0 amide bonds. The zero-order chi connectivity index (χ0) is 22.8. The molecule has 2 aliphatic rings. The van der Waals surface area contributed by atoms with Gasteiger partial charge in [0.25, 0.3) is 0 Å². The Labute approximate surface area is 177 Å². The number of nitrogens with one attached hydrogen (secondary N) is 1. The minimum Gasteiger partial charge on any atom is -0.342 e. The summed E-state index contributed by atoms with van der Waals surface area (Å²) in [5.74, 6) is -0.180. The van der Waals surface area contributed by atoms with Gasteiger partial charge in [-0.3, -0.25) is 0 Å². The third kappa shape index (κ3) is 3.16. The smallest absolute Gasteiger partial charge is 0.342 e. The van der Waals surface area contributed by atoms with Crippen LogP contribution in [0.1, 0.15) is 47.9 Å². The Morgan fingerprint density at radius 2 is 1.78 bits per heavy atom. The zero-order valence-corrected chi connectivity index (χ0v) is 16.3. The molecular formula is C21H15F6N5. The van der Waals surface area contributed by atoms with Crippen LogP contribution in [-0.4, -0.2) is 21.0 Å². The Bertz CT molecular complexity index is 1210. The molecular weight excluding hydrogens is 436 g/mol. The molecule has 0 radical (unpaired) electrons. The monoisotopic (exact) mass is 451 g/mol. The number of rotatable bonds is 2. The SMILES string of the molecule is N#Cc1c(C(F)(F)F)cc(C(F)(F)F)nc1N1[C@@H]2CC[C@@H](C2)[C@H]1c1nc2ccccc2[nH]1. The molecule has 1 aliphatic carbocycles. The molecule has 0 spiro atoms. The maximum atomic E-state index is 13.6. The van der Waals surface area contributed by atoms with Crippen molar-refractivity contribution in [1.82, 2.24) is 15.0 Å². The van der Waals surface area contributed by atoms with Crippen LogP contribution in [0.3, 0.4) is 0 Å². The first-order valence-corrected chi connectivity index (χ1v) is 9.90. The van der Waals surface area contributed by atoms with Gasteiger partial charge in [-0.2, -0.15) is 31.6 Å². The number of anilines is 1. The number of fused-ring (bicyclic) bond motifs is 3. The molecule has 5 nitrogen and oxygen atoms in total. The van der Waals surface area contributed by atoms with E-state index in [9.17, 15) is 31.6 Å². The molecule has 1 saturated heterocycles. The van der Waals surface area contributed by atoms with E-state index in [0.717, 1.165) is 6.42 Å². The summed E-state index contributed by atoms with van der Waals surface area (Å²) in [6.07, 6.45) is -8.32. The van der Waals surface area contributed by atoms with Gasteiger partial charge in [0.15, 0.2) is 0 Å². The highest BCUT2D eigenvalue weighted by Gasteiger charge is 2.51. The Hall–Kier alpha value is -3.29. The highest BCUT2D eigenvalue weighted by molar-refractivity contribution is 5.75. The maximum Gasteiger partial charge on any atom is 0.433 e. The zero-order valence-electron chi connectivity index (χ0n) is 16.3. The van der Waals surface area contributed by atoms with Crippen molar-refractivity contribution in [1.29, 1.82) is 5.26 Å². The van der Waals surface area contributed by atoms with Gasteiger partial charge in [-0.05, 0) is 43.4 Å². The average molecular weight is 451 g/mol. The number of imidazole rings is 1. The van der Waals surface area contributed by atoms with E-state index in [1.54, 1.807) is 24.3 Å². The van der Waals surface area contributed by atoms with Crippen LogP contribution in [0.4, 0.5) is 32.2 Å². The van der Waals surface area contributed by atoms with Crippen LogP contribution >= 0.6 is 0 Å². The minimum absolute atomic E-state index is 0.0298. The van der Waals surface area contributed by atoms with Gasteiger partial charge in [-0.25, -0.2) is 9.97 Å². The van der Waals surface area contributed by atoms with Crippen molar-refractivity contribution in [3.8, 4) is 6.07 Å². The van der Waals surface area contributed by atoms with Gasteiger partial charge >= 0.3 is 12.4 Å². The number of halogens is 6. The van der Waals surface area contributed by atoms with Crippen molar-refractivity contribution in [3.63, 3.8) is 0 Å². The number of benzene rings is 1. The van der Waals surface area contributed by atoms with E-state index in [1.807, 2.05) is 0 Å². The lowest BCUT2D eigenvalue weighted by molar-refractivity contribution is -0.145. The van der Waals surface area contributed by atoms with Gasteiger partial charge < -0.3 is 9.88 Å². The second kappa shape index (κ2) is 6.85. The topological polar surface area (TPSA) is 68.6 Å². The van der Waals surface area contributed by atoms with E-state index in [0.29, 0.717) is 29.7 Å². The summed E-state index contributed by atoms with van der Waals surface area (Å²) in [5.41, 5.74) is -2.87. The summed E-state index contributed by atoms with van der Waals surface area (Å²) in [7, 11) is 0. The number of aromatic amines is 1. The lowest BCUT2D eigenvalue weighted by Gasteiger charge is -2.36. The summed E-state index contributed by atoms with van der Waals surface area (Å²) in [6.45, 7) is 0. The first-order chi connectivity index (χ1) is 15.1. The van der Waals surface area contributed by atoms with E-state index in [-0.39, 0.29) is 18.0 Å². The summed E-state index contributed by atoms with van der Waals surface area (Å²) >= 11 is 0. The van der Waals surface area contributed by atoms with Crippen LogP contribution in [-0.2, 0) is 12.4 Å². The summed E-state index contributed by atoms with van der Waals surface area (Å²) < 4.78 is 81.3. The number of pyridine rings is 1. The first-order valence-electron chi connectivity index (χ1n) is 9.90. The molecule has 5 rings (SSSR count). The lowest BCUT2D eigenvalue weighted by atomic mass is 9.97. The van der Waals surface area contributed by atoms with Crippen molar-refractivity contribution in [2.45, 2.75) is 43.7 Å². The van der Waals surface area contributed by atoms with Crippen molar-refractivity contribution in [3.05, 3.63) is 53.0 Å². The van der Waals surface area contributed by atoms with E-state index in [2.05, 4.69) is 15.0 Å². The van der Waals surface area contributed by atoms with Crippen molar-refractivity contribution < 1.29 is 26.3 Å². The van der Waals surface area contributed by atoms with Crippen LogP contribution in [0.5, 0.6) is 0 Å². The van der Waals surface area contributed by atoms with Gasteiger partial charge in [0, 0.05) is 6.04 Å².